The molecule has 2 fully saturated rings. The van der Waals surface area contributed by atoms with E-state index in [2.05, 4.69) is 5.32 Å². The van der Waals surface area contributed by atoms with E-state index in [0.29, 0.717) is 31.4 Å². The molecule has 0 unspecified atom stereocenters. The molecule has 3 rings (SSSR count). The van der Waals surface area contributed by atoms with Crippen molar-refractivity contribution >= 4 is 17.8 Å². The number of nitrogens with zero attached hydrogens (tertiary/aromatic N) is 1. The molecule has 26 heavy (non-hydrogen) atoms. The summed E-state index contributed by atoms with van der Waals surface area (Å²) in [5.74, 6) is -1.13. The van der Waals surface area contributed by atoms with E-state index in [1.807, 2.05) is 17.0 Å². The summed E-state index contributed by atoms with van der Waals surface area (Å²) in [5.41, 5.74) is 0.263. The van der Waals surface area contributed by atoms with Gasteiger partial charge in [-0.25, -0.2) is 4.79 Å². The maximum Gasteiger partial charge on any atom is 0.329 e. The minimum Gasteiger partial charge on any atom is -0.480 e. The van der Waals surface area contributed by atoms with Gasteiger partial charge < -0.3 is 15.3 Å². The predicted octanol–water partition coefficient (Wildman–Crippen LogP) is 2.72. The maximum atomic E-state index is 12.6. The normalized spacial score (nSPS) is 19.8. The van der Waals surface area contributed by atoms with Crippen molar-refractivity contribution in [2.45, 2.75) is 63.5 Å². The van der Waals surface area contributed by atoms with Crippen LogP contribution in [0.5, 0.6) is 0 Å². The van der Waals surface area contributed by atoms with E-state index in [0.717, 1.165) is 44.2 Å². The molecule has 0 radical (unpaired) electrons. The summed E-state index contributed by atoms with van der Waals surface area (Å²) in [4.78, 5) is 38.0. The van der Waals surface area contributed by atoms with Gasteiger partial charge in [-0.05, 0) is 37.0 Å². The number of carbonyl (C=O) groups excluding carboxylic acids is 2. The lowest BCUT2D eigenvalue weighted by Crippen LogP contribution is -2.54. The van der Waals surface area contributed by atoms with Crippen molar-refractivity contribution < 1.29 is 19.5 Å². The molecular weight excluding hydrogens is 332 g/mol. The molecule has 0 aromatic heterocycles. The Bertz CT molecular complexity index is 676. The third-order valence-electron chi connectivity index (χ3n) is 5.48. The predicted molar refractivity (Wildman–Crippen MR) is 96.6 cm³/mol. The lowest BCUT2D eigenvalue weighted by atomic mass is 9.89. The molecule has 6 nitrogen and oxygen atoms in total. The average Bonchev–Trinajstić information content (AvgIpc) is 2.88. The van der Waals surface area contributed by atoms with Gasteiger partial charge in [0.2, 0.25) is 5.91 Å². The van der Waals surface area contributed by atoms with Gasteiger partial charge in [0.25, 0.3) is 5.91 Å². The Morgan fingerprint density at radius 1 is 1.04 bits per heavy atom. The molecule has 1 aliphatic heterocycles. The Morgan fingerprint density at radius 3 is 2.23 bits per heavy atom. The molecule has 1 heterocycles. The van der Waals surface area contributed by atoms with Gasteiger partial charge in [0.05, 0.1) is 0 Å². The van der Waals surface area contributed by atoms with Gasteiger partial charge in [0.15, 0.2) is 0 Å². The topological polar surface area (TPSA) is 86.7 Å². The minimum atomic E-state index is -1.16. The summed E-state index contributed by atoms with van der Waals surface area (Å²) in [6.07, 6.45) is 6.11. The largest absolute Gasteiger partial charge is 0.480 e. The SMILES string of the molecule is O=C(NC1(C(=O)O)CCCCCC1)c1ccc(CN2CCCC2=O)cc1. The average molecular weight is 358 g/mol. The van der Waals surface area contributed by atoms with E-state index >= 15 is 0 Å². The highest BCUT2D eigenvalue weighted by Crippen LogP contribution is 2.28. The van der Waals surface area contributed by atoms with E-state index in [1.54, 1.807) is 12.1 Å². The molecule has 1 aromatic rings. The summed E-state index contributed by atoms with van der Waals surface area (Å²) in [6, 6.07) is 7.08. The van der Waals surface area contributed by atoms with Gasteiger partial charge in [-0.2, -0.15) is 0 Å². The quantitative estimate of drug-likeness (QED) is 0.793. The Labute approximate surface area is 153 Å². The van der Waals surface area contributed by atoms with Crippen LogP contribution in [-0.2, 0) is 16.1 Å². The van der Waals surface area contributed by atoms with Crippen LogP contribution in [0, 0.1) is 0 Å². The van der Waals surface area contributed by atoms with Crippen LogP contribution >= 0.6 is 0 Å². The molecule has 2 N–H and O–H groups in total. The summed E-state index contributed by atoms with van der Waals surface area (Å²) < 4.78 is 0. The number of carboxylic acids is 1. The molecule has 1 aromatic carbocycles. The number of nitrogens with one attached hydrogen (secondary N) is 1. The first-order valence-corrected chi connectivity index (χ1v) is 9.43. The van der Waals surface area contributed by atoms with Crippen molar-refractivity contribution in [2.75, 3.05) is 6.54 Å². The van der Waals surface area contributed by atoms with Crippen molar-refractivity contribution in [2.24, 2.45) is 0 Å². The molecule has 1 saturated heterocycles. The second kappa shape index (κ2) is 7.89. The van der Waals surface area contributed by atoms with Crippen LogP contribution in [0.25, 0.3) is 0 Å². The van der Waals surface area contributed by atoms with Crippen molar-refractivity contribution in [1.82, 2.24) is 10.2 Å². The molecule has 1 saturated carbocycles. The molecular formula is C20H26N2O4. The fourth-order valence-corrected chi connectivity index (χ4v) is 3.87. The Kier molecular flexibility index (Phi) is 5.59. The highest BCUT2D eigenvalue weighted by Gasteiger charge is 2.40. The fraction of sp³-hybridized carbons (Fsp3) is 0.550. The second-order valence-corrected chi connectivity index (χ2v) is 7.37. The van der Waals surface area contributed by atoms with Crippen LogP contribution in [0.1, 0.15) is 67.3 Å². The molecule has 0 bridgehead atoms. The lowest BCUT2D eigenvalue weighted by molar-refractivity contribution is -0.145. The molecule has 1 aliphatic carbocycles. The van der Waals surface area contributed by atoms with Crippen LogP contribution in [0.2, 0.25) is 0 Å². The zero-order valence-electron chi connectivity index (χ0n) is 15.0. The first-order valence-electron chi connectivity index (χ1n) is 9.43. The van der Waals surface area contributed by atoms with Crippen LogP contribution in [0.3, 0.4) is 0 Å². The summed E-state index contributed by atoms with van der Waals surface area (Å²) in [6.45, 7) is 1.34. The number of rotatable bonds is 5. The van der Waals surface area contributed by atoms with Gasteiger partial charge in [0, 0.05) is 25.1 Å². The number of aliphatic carboxylic acids is 1. The van der Waals surface area contributed by atoms with Crippen molar-refractivity contribution in [1.29, 1.82) is 0 Å². The molecule has 6 heteroatoms. The van der Waals surface area contributed by atoms with E-state index in [9.17, 15) is 19.5 Å². The van der Waals surface area contributed by atoms with Crippen LogP contribution in [-0.4, -0.2) is 39.9 Å². The number of carboxylic acid groups (broad SMARTS) is 1. The van der Waals surface area contributed by atoms with Crippen molar-refractivity contribution in [3.05, 3.63) is 35.4 Å². The summed E-state index contributed by atoms with van der Waals surface area (Å²) in [5, 5.41) is 12.5. The van der Waals surface area contributed by atoms with E-state index in [4.69, 9.17) is 0 Å². The Balaban J connectivity index is 1.67. The third-order valence-corrected chi connectivity index (χ3v) is 5.48. The molecule has 2 amide bonds. The number of hydrogen-bond donors (Lipinski definition) is 2. The number of likely N-dealkylation sites (tertiary alicyclic amines) is 1. The maximum absolute atomic E-state index is 12.6. The first-order chi connectivity index (χ1) is 12.5. The van der Waals surface area contributed by atoms with Crippen LogP contribution in [0.4, 0.5) is 0 Å². The van der Waals surface area contributed by atoms with Gasteiger partial charge in [0.1, 0.15) is 5.54 Å². The summed E-state index contributed by atoms with van der Waals surface area (Å²) >= 11 is 0. The second-order valence-electron chi connectivity index (χ2n) is 7.37. The molecule has 0 atom stereocenters. The summed E-state index contributed by atoms with van der Waals surface area (Å²) in [7, 11) is 0. The van der Waals surface area contributed by atoms with E-state index in [-0.39, 0.29) is 11.8 Å². The van der Waals surface area contributed by atoms with Crippen LogP contribution < -0.4 is 5.32 Å². The van der Waals surface area contributed by atoms with Crippen LogP contribution in [0.15, 0.2) is 24.3 Å². The monoisotopic (exact) mass is 358 g/mol. The fourth-order valence-electron chi connectivity index (χ4n) is 3.87. The third kappa shape index (κ3) is 4.06. The number of carbonyl (C=O) groups is 3. The first kappa shape index (κ1) is 18.4. The lowest BCUT2D eigenvalue weighted by Gasteiger charge is -2.29. The van der Waals surface area contributed by atoms with Crippen molar-refractivity contribution in [3.63, 3.8) is 0 Å². The van der Waals surface area contributed by atoms with Gasteiger partial charge in [-0.1, -0.05) is 37.8 Å². The molecule has 140 valence electrons. The highest BCUT2D eigenvalue weighted by molar-refractivity contribution is 5.97. The smallest absolute Gasteiger partial charge is 0.329 e. The molecule has 2 aliphatic rings. The minimum absolute atomic E-state index is 0.170. The zero-order chi connectivity index (χ0) is 18.6. The van der Waals surface area contributed by atoms with Crippen molar-refractivity contribution in [3.8, 4) is 0 Å². The zero-order valence-corrected chi connectivity index (χ0v) is 15.0. The Morgan fingerprint density at radius 2 is 1.69 bits per heavy atom. The standard InChI is InChI=1S/C20H26N2O4/c23-17-6-5-13-22(17)14-15-7-9-16(10-8-15)18(24)21-20(19(25)26)11-3-1-2-4-12-20/h7-10H,1-6,11-14H2,(H,21,24)(H,25,26). The molecule has 0 spiro atoms. The highest BCUT2D eigenvalue weighted by atomic mass is 16.4. The number of benzene rings is 1. The number of amides is 2. The van der Waals surface area contributed by atoms with Gasteiger partial charge in [-0.3, -0.25) is 9.59 Å². The van der Waals surface area contributed by atoms with Gasteiger partial charge >= 0.3 is 5.97 Å². The number of hydrogen-bond acceptors (Lipinski definition) is 3. The van der Waals surface area contributed by atoms with E-state index in [1.165, 1.54) is 0 Å². The van der Waals surface area contributed by atoms with Gasteiger partial charge in [-0.15, -0.1) is 0 Å². The van der Waals surface area contributed by atoms with E-state index < -0.39 is 11.5 Å². The Hall–Kier alpha value is -2.37.